The molecule has 1 aromatic rings. The molecular formula is C30H37NO7. The van der Waals surface area contributed by atoms with E-state index < -0.39 is 58.3 Å². The van der Waals surface area contributed by atoms with Crippen molar-refractivity contribution in [1.29, 1.82) is 0 Å². The minimum Gasteiger partial charge on any atom is -0.508 e. The topological polar surface area (TPSA) is 133 Å². The number of ketones is 2. The maximum Gasteiger partial charge on any atom is 0.237 e. The lowest BCUT2D eigenvalue weighted by atomic mass is 9.50. The summed E-state index contributed by atoms with van der Waals surface area (Å²) in [4.78, 5) is 41.0. The van der Waals surface area contributed by atoms with E-state index in [4.69, 9.17) is 4.74 Å². The van der Waals surface area contributed by atoms with Crippen LogP contribution in [-0.2, 0) is 25.5 Å². The van der Waals surface area contributed by atoms with Crippen LogP contribution in [0.3, 0.4) is 0 Å². The third-order valence-electron chi connectivity index (χ3n) is 9.54. The van der Waals surface area contributed by atoms with Gasteiger partial charge in [-0.25, -0.2) is 0 Å². The zero-order chi connectivity index (χ0) is 27.6. The van der Waals surface area contributed by atoms with Crippen molar-refractivity contribution in [3.05, 3.63) is 53.6 Å². The minimum atomic E-state index is -1.62. The number of hydrogen-bond acceptors (Lipinski definition) is 7. The summed E-state index contributed by atoms with van der Waals surface area (Å²) in [5, 5.41) is 35.2. The first-order valence-electron chi connectivity index (χ1n) is 13.5. The van der Waals surface area contributed by atoms with Crippen molar-refractivity contribution < 1.29 is 34.4 Å². The summed E-state index contributed by atoms with van der Waals surface area (Å²) in [5.74, 6) is -3.02. The van der Waals surface area contributed by atoms with Crippen LogP contribution in [0, 0.1) is 29.1 Å². The zero-order valence-electron chi connectivity index (χ0n) is 22.3. The van der Waals surface area contributed by atoms with Gasteiger partial charge in [-0.15, -0.1) is 0 Å². The Morgan fingerprint density at radius 1 is 1.11 bits per heavy atom. The Bertz CT molecular complexity index is 1220. The number of allylic oxidation sites excluding steroid dienone is 2. The Kier molecular flexibility index (Phi) is 6.44. The highest BCUT2D eigenvalue weighted by Crippen LogP contribution is 2.67. The molecule has 3 fully saturated rings. The van der Waals surface area contributed by atoms with Crippen LogP contribution in [0.2, 0.25) is 0 Å². The second-order valence-corrected chi connectivity index (χ2v) is 11.9. The fourth-order valence-corrected chi connectivity index (χ4v) is 7.62. The van der Waals surface area contributed by atoms with Gasteiger partial charge >= 0.3 is 0 Å². The Morgan fingerprint density at radius 2 is 1.79 bits per heavy atom. The van der Waals surface area contributed by atoms with Crippen molar-refractivity contribution in [2.45, 2.75) is 76.9 Å². The molecule has 2 saturated heterocycles. The Hall–Kier alpha value is -2.81. The van der Waals surface area contributed by atoms with Gasteiger partial charge < -0.3 is 25.4 Å². The Labute approximate surface area is 222 Å². The van der Waals surface area contributed by atoms with Crippen molar-refractivity contribution in [2.24, 2.45) is 29.1 Å². The molecular weight excluding hydrogens is 486 g/mol. The van der Waals surface area contributed by atoms with Crippen LogP contribution in [0.25, 0.3) is 0 Å². The van der Waals surface area contributed by atoms with E-state index in [0.717, 1.165) is 5.56 Å². The number of fused-ring (bicyclic) bond motifs is 1. The molecule has 0 radical (unpaired) electrons. The summed E-state index contributed by atoms with van der Waals surface area (Å²) < 4.78 is 6.66. The number of aliphatic hydroxyl groups is 2. The third-order valence-corrected chi connectivity index (χ3v) is 9.54. The van der Waals surface area contributed by atoms with Crippen LogP contribution in [0.5, 0.6) is 5.75 Å². The number of carbonyl (C=O) groups excluding carboxylic acids is 3. The number of phenols is 1. The summed E-state index contributed by atoms with van der Waals surface area (Å²) in [5.41, 5.74) is -2.64. The second-order valence-electron chi connectivity index (χ2n) is 11.9. The summed E-state index contributed by atoms with van der Waals surface area (Å²) in [6, 6.07) is 6.62. The molecule has 8 heteroatoms. The molecule has 9 atom stereocenters. The van der Waals surface area contributed by atoms with E-state index in [9.17, 15) is 29.7 Å². The lowest BCUT2D eigenvalue weighted by molar-refractivity contribution is -0.191. The van der Waals surface area contributed by atoms with Crippen molar-refractivity contribution in [2.75, 3.05) is 0 Å². The number of hydrogen-bond donors (Lipinski definition) is 4. The summed E-state index contributed by atoms with van der Waals surface area (Å²) >= 11 is 0. The van der Waals surface area contributed by atoms with Gasteiger partial charge in [-0.1, -0.05) is 44.2 Å². The highest BCUT2D eigenvalue weighted by Gasteiger charge is 2.81. The van der Waals surface area contributed by atoms with Crippen LogP contribution >= 0.6 is 0 Å². The lowest BCUT2D eigenvalue weighted by Gasteiger charge is -2.50. The van der Waals surface area contributed by atoms with Crippen molar-refractivity contribution >= 4 is 17.5 Å². The van der Waals surface area contributed by atoms with E-state index in [0.29, 0.717) is 12.0 Å². The zero-order valence-corrected chi connectivity index (χ0v) is 22.3. The molecule has 2 aliphatic heterocycles. The third kappa shape index (κ3) is 3.72. The molecule has 2 aliphatic carbocycles. The Morgan fingerprint density at radius 3 is 2.47 bits per heavy atom. The Balaban J connectivity index is 1.64. The average molecular weight is 524 g/mol. The maximum absolute atomic E-state index is 14.2. The number of Topliss-reactive ketones (excluding diaryl/α,β-unsaturated/α-hetero) is 2. The van der Waals surface area contributed by atoms with Crippen LogP contribution in [0.1, 0.15) is 52.5 Å². The molecule has 0 unspecified atom stereocenters. The smallest absolute Gasteiger partial charge is 0.237 e. The van der Waals surface area contributed by atoms with Crippen molar-refractivity contribution in [1.82, 2.24) is 5.32 Å². The van der Waals surface area contributed by atoms with Gasteiger partial charge in [-0.3, -0.25) is 14.4 Å². The molecule has 8 nitrogen and oxygen atoms in total. The van der Waals surface area contributed by atoms with Gasteiger partial charge in [0.25, 0.3) is 0 Å². The quantitative estimate of drug-likeness (QED) is 0.346. The standard InChI is InChI=1S/C30H37NO7/c1-16-6-5-7-21-26(36)28(4)18(3)25-29(38-28,15-19-8-10-20(32)11-9-19)31-27(37)30(21,25)23(34)13-12-22(33)24(35)17(2)14-16/h5,7-11,14,16,18,21-22,25-26,32-33,36H,6,12-13,15H2,1-4H3,(H,31,37)/b7-5+,17-14?/t16-,18-,21-,22-,25-,26-,28-,29+,30+/m0/s1. The number of phenolic OH excluding ortho intramolecular Hbond substituents is 1. The molecule has 4 N–H and O–H groups in total. The molecule has 2 bridgehead atoms. The number of benzene rings is 1. The fourth-order valence-electron chi connectivity index (χ4n) is 7.62. The number of amides is 1. The van der Waals surface area contributed by atoms with Crippen molar-refractivity contribution in [3.63, 3.8) is 0 Å². The van der Waals surface area contributed by atoms with Gasteiger partial charge in [0.2, 0.25) is 5.91 Å². The first-order chi connectivity index (χ1) is 17.9. The largest absolute Gasteiger partial charge is 0.508 e. The number of aromatic hydroxyl groups is 1. The van der Waals surface area contributed by atoms with Crippen LogP contribution in [0.15, 0.2) is 48.1 Å². The first-order valence-corrected chi connectivity index (χ1v) is 13.5. The molecule has 2 heterocycles. The van der Waals surface area contributed by atoms with Crippen LogP contribution in [-0.4, -0.2) is 56.3 Å². The number of ether oxygens (including phenoxy) is 1. The molecule has 0 aromatic heterocycles. The van der Waals surface area contributed by atoms with E-state index >= 15 is 0 Å². The SMILES string of the molecule is CC1=C[C@@H](C)C/C=C/[C@H]2[C@H](O)[C@@]3(C)O[C@@]4(Cc5ccc(O)cc5)NC(=O)[C@]2(C(=O)CC[C@H](O)C1=O)[C@H]4[C@@H]3C. The molecule has 4 aliphatic rings. The maximum atomic E-state index is 14.2. The molecule has 204 valence electrons. The molecule has 1 spiro atoms. The van der Waals surface area contributed by atoms with E-state index in [1.165, 1.54) is 0 Å². The molecule has 1 saturated carbocycles. The van der Waals surface area contributed by atoms with Crippen molar-refractivity contribution in [3.8, 4) is 5.75 Å². The second kappa shape index (κ2) is 9.14. The van der Waals surface area contributed by atoms with Gasteiger partial charge in [0.05, 0.1) is 11.7 Å². The summed E-state index contributed by atoms with van der Waals surface area (Å²) in [6.45, 7) is 7.37. The number of carbonyl (C=O) groups is 3. The predicted molar refractivity (Wildman–Crippen MR) is 139 cm³/mol. The van der Waals surface area contributed by atoms with Gasteiger partial charge in [0.15, 0.2) is 5.78 Å². The normalized spacial score (nSPS) is 43.8. The molecule has 1 amide bonds. The van der Waals surface area contributed by atoms with E-state index in [-0.39, 0.29) is 36.8 Å². The lowest BCUT2D eigenvalue weighted by Crippen LogP contribution is -2.64. The molecule has 1 aromatic carbocycles. The van der Waals surface area contributed by atoms with Crippen LogP contribution < -0.4 is 5.32 Å². The van der Waals surface area contributed by atoms with E-state index in [1.807, 2.05) is 32.9 Å². The number of aliphatic hydroxyl groups excluding tert-OH is 2. The number of rotatable bonds is 2. The highest BCUT2D eigenvalue weighted by atomic mass is 16.6. The first kappa shape index (κ1) is 26.8. The van der Waals surface area contributed by atoms with E-state index in [2.05, 4.69) is 5.32 Å². The minimum absolute atomic E-state index is 0.0241. The average Bonchev–Trinajstić information content (AvgIpc) is 3.21. The fraction of sp³-hybridized carbons (Fsp3) is 0.567. The van der Waals surface area contributed by atoms with Gasteiger partial charge in [-0.05, 0) is 61.8 Å². The summed E-state index contributed by atoms with van der Waals surface area (Å²) in [7, 11) is 0. The predicted octanol–water partition coefficient (Wildman–Crippen LogP) is 2.60. The van der Waals surface area contributed by atoms with Gasteiger partial charge in [0, 0.05) is 24.7 Å². The van der Waals surface area contributed by atoms with E-state index in [1.54, 1.807) is 37.3 Å². The van der Waals surface area contributed by atoms with Gasteiger partial charge in [0.1, 0.15) is 28.8 Å². The van der Waals surface area contributed by atoms with Crippen LogP contribution in [0.4, 0.5) is 0 Å². The molecule has 5 rings (SSSR count). The van der Waals surface area contributed by atoms with Gasteiger partial charge in [-0.2, -0.15) is 0 Å². The monoisotopic (exact) mass is 523 g/mol. The highest BCUT2D eigenvalue weighted by molar-refractivity contribution is 6.10. The number of nitrogens with one attached hydrogen (secondary N) is 1. The molecule has 38 heavy (non-hydrogen) atoms. The summed E-state index contributed by atoms with van der Waals surface area (Å²) in [6.07, 6.45) is 3.49.